The standard InChI is InChI=1S/C16H24N4O/c17-12-16(7-1-2-8-16)15(21)19-13-6-5-9-18-14(13)20-10-3-4-11-20/h5-6,9H,1-4,7-8,10-12,17H2,(H,19,21). The molecule has 0 spiro atoms. The maximum absolute atomic E-state index is 12.7. The Morgan fingerprint density at radius 2 is 2.00 bits per heavy atom. The number of nitrogens with two attached hydrogens (primary N) is 1. The van der Waals surface area contributed by atoms with Gasteiger partial charge in [-0.3, -0.25) is 4.79 Å². The summed E-state index contributed by atoms with van der Waals surface area (Å²) in [5.74, 6) is 0.962. The van der Waals surface area contributed by atoms with Crippen molar-refractivity contribution in [3.8, 4) is 0 Å². The van der Waals surface area contributed by atoms with E-state index in [1.54, 1.807) is 6.20 Å². The Bertz CT molecular complexity index is 505. The Hall–Kier alpha value is -1.62. The molecule has 1 aliphatic carbocycles. The number of hydrogen-bond acceptors (Lipinski definition) is 4. The Kier molecular flexibility index (Phi) is 4.10. The number of aromatic nitrogens is 1. The van der Waals surface area contributed by atoms with Crippen LogP contribution in [0.4, 0.5) is 11.5 Å². The van der Waals surface area contributed by atoms with E-state index in [1.807, 2.05) is 12.1 Å². The monoisotopic (exact) mass is 288 g/mol. The summed E-state index contributed by atoms with van der Waals surface area (Å²) in [6.45, 7) is 2.46. The smallest absolute Gasteiger partial charge is 0.231 e. The summed E-state index contributed by atoms with van der Waals surface area (Å²) in [5, 5.41) is 3.10. The van der Waals surface area contributed by atoms with E-state index in [-0.39, 0.29) is 11.3 Å². The molecule has 2 heterocycles. The first-order valence-electron chi connectivity index (χ1n) is 7.97. The maximum Gasteiger partial charge on any atom is 0.231 e. The molecule has 0 bridgehead atoms. The van der Waals surface area contributed by atoms with Crippen molar-refractivity contribution >= 4 is 17.4 Å². The zero-order valence-electron chi connectivity index (χ0n) is 12.5. The lowest BCUT2D eigenvalue weighted by atomic mass is 9.85. The van der Waals surface area contributed by atoms with Crippen molar-refractivity contribution in [2.24, 2.45) is 11.1 Å². The number of nitrogens with zero attached hydrogens (tertiary/aromatic N) is 2. The number of rotatable bonds is 4. The van der Waals surface area contributed by atoms with Gasteiger partial charge in [-0.2, -0.15) is 0 Å². The Balaban J connectivity index is 1.79. The fourth-order valence-electron chi connectivity index (χ4n) is 3.51. The van der Waals surface area contributed by atoms with Crippen LogP contribution < -0.4 is 16.0 Å². The van der Waals surface area contributed by atoms with E-state index in [2.05, 4.69) is 15.2 Å². The second kappa shape index (κ2) is 6.02. The summed E-state index contributed by atoms with van der Waals surface area (Å²) < 4.78 is 0. The highest BCUT2D eigenvalue weighted by atomic mass is 16.2. The molecule has 1 aliphatic heterocycles. The highest BCUT2D eigenvalue weighted by Crippen LogP contribution is 2.39. The molecule has 1 saturated carbocycles. The van der Waals surface area contributed by atoms with Gasteiger partial charge in [-0.15, -0.1) is 0 Å². The molecule has 2 aliphatic rings. The molecule has 1 saturated heterocycles. The topological polar surface area (TPSA) is 71.2 Å². The minimum Gasteiger partial charge on any atom is -0.355 e. The third-order valence-corrected chi connectivity index (χ3v) is 4.87. The van der Waals surface area contributed by atoms with Crippen molar-refractivity contribution in [3.05, 3.63) is 18.3 Å². The summed E-state index contributed by atoms with van der Waals surface area (Å²) >= 11 is 0. The van der Waals surface area contributed by atoms with Gasteiger partial charge in [0.15, 0.2) is 5.82 Å². The third kappa shape index (κ3) is 2.75. The molecule has 0 atom stereocenters. The van der Waals surface area contributed by atoms with E-state index in [0.717, 1.165) is 50.3 Å². The first-order chi connectivity index (χ1) is 10.2. The largest absolute Gasteiger partial charge is 0.355 e. The van der Waals surface area contributed by atoms with Crippen LogP contribution in [0.5, 0.6) is 0 Å². The number of hydrogen-bond donors (Lipinski definition) is 2. The van der Waals surface area contributed by atoms with Crippen LogP contribution in [0.25, 0.3) is 0 Å². The molecular weight excluding hydrogens is 264 g/mol. The van der Waals surface area contributed by atoms with Crippen molar-refractivity contribution in [1.29, 1.82) is 0 Å². The van der Waals surface area contributed by atoms with E-state index >= 15 is 0 Å². The highest BCUT2D eigenvalue weighted by Gasteiger charge is 2.40. The van der Waals surface area contributed by atoms with Gasteiger partial charge in [0.1, 0.15) is 0 Å². The van der Waals surface area contributed by atoms with Crippen molar-refractivity contribution in [1.82, 2.24) is 4.98 Å². The summed E-state index contributed by atoms with van der Waals surface area (Å²) in [7, 11) is 0. The zero-order valence-corrected chi connectivity index (χ0v) is 12.5. The predicted octanol–water partition coefficient (Wildman–Crippen LogP) is 2.14. The van der Waals surface area contributed by atoms with E-state index in [9.17, 15) is 4.79 Å². The number of pyridine rings is 1. The van der Waals surface area contributed by atoms with E-state index in [1.165, 1.54) is 12.8 Å². The summed E-state index contributed by atoms with van der Waals surface area (Å²) in [6, 6.07) is 3.82. The average molecular weight is 288 g/mol. The average Bonchev–Trinajstić information content (AvgIpc) is 3.20. The van der Waals surface area contributed by atoms with Gasteiger partial charge < -0.3 is 16.0 Å². The Morgan fingerprint density at radius 3 is 2.67 bits per heavy atom. The van der Waals surface area contributed by atoms with Crippen LogP contribution in [0.15, 0.2) is 18.3 Å². The molecule has 1 aromatic rings. The minimum atomic E-state index is -0.377. The second-order valence-electron chi connectivity index (χ2n) is 6.21. The van der Waals surface area contributed by atoms with Crippen molar-refractivity contribution in [2.45, 2.75) is 38.5 Å². The lowest BCUT2D eigenvalue weighted by Crippen LogP contribution is -2.40. The SMILES string of the molecule is NCC1(C(=O)Nc2cccnc2N2CCCC2)CCCC1. The molecule has 1 aromatic heterocycles. The van der Waals surface area contributed by atoms with Gasteiger partial charge in [0, 0.05) is 25.8 Å². The quantitative estimate of drug-likeness (QED) is 0.890. The van der Waals surface area contributed by atoms with Crippen LogP contribution >= 0.6 is 0 Å². The van der Waals surface area contributed by atoms with Gasteiger partial charge in [-0.1, -0.05) is 12.8 Å². The van der Waals surface area contributed by atoms with E-state index in [0.29, 0.717) is 6.54 Å². The number of nitrogens with one attached hydrogen (secondary N) is 1. The molecule has 3 N–H and O–H groups in total. The first-order valence-corrected chi connectivity index (χ1v) is 7.97. The Labute approximate surface area is 125 Å². The van der Waals surface area contributed by atoms with Gasteiger partial charge in [0.2, 0.25) is 5.91 Å². The number of amides is 1. The lowest BCUT2D eigenvalue weighted by Gasteiger charge is -2.27. The number of anilines is 2. The Morgan fingerprint density at radius 1 is 1.29 bits per heavy atom. The molecule has 5 heteroatoms. The van der Waals surface area contributed by atoms with Crippen LogP contribution in [0, 0.1) is 5.41 Å². The molecule has 114 valence electrons. The lowest BCUT2D eigenvalue weighted by molar-refractivity contribution is -0.124. The predicted molar refractivity (Wildman–Crippen MR) is 84.3 cm³/mol. The molecule has 0 unspecified atom stereocenters. The third-order valence-electron chi connectivity index (χ3n) is 4.87. The second-order valence-corrected chi connectivity index (χ2v) is 6.21. The molecule has 3 rings (SSSR count). The fourth-order valence-corrected chi connectivity index (χ4v) is 3.51. The van der Waals surface area contributed by atoms with Crippen molar-refractivity contribution < 1.29 is 4.79 Å². The van der Waals surface area contributed by atoms with Crippen LogP contribution in [0.2, 0.25) is 0 Å². The summed E-state index contributed by atoms with van der Waals surface area (Å²) in [6.07, 6.45) is 8.15. The van der Waals surface area contributed by atoms with Crippen LogP contribution in [0.1, 0.15) is 38.5 Å². The van der Waals surface area contributed by atoms with E-state index < -0.39 is 0 Å². The maximum atomic E-state index is 12.7. The van der Waals surface area contributed by atoms with Gasteiger partial charge in [-0.05, 0) is 37.8 Å². The number of carbonyl (C=O) groups is 1. The van der Waals surface area contributed by atoms with Gasteiger partial charge in [0.05, 0.1) is 11.1 Å². The molecule has 2 fully saturated rings. The fraction of sp³-hybridized carbons (Fsp3) is 0.625. The van der Waals surface area contributed by atoms with Gasteiger partial charge >= 0.3 is 0 Å². The van der Waals surface area contributed by atoms with Crippen LogP contribution in [-0.2, 0) is 4.79 Å². The van der Waals surface area contributed by atoms with Crippen molar-refractivity contribution in [3.63, 3.8) is 0 Å². The molecular formula is C16H24N4O. The molecule has 1 amide bonds. The molecule has 0 radical (unpaired) electrons. The molecule has 5 nitrogen and oxygen atoms in total. The molecule has 21 heavy (non-hydrogen) atoms. The van der Waals surface area contributed by atoms with Crippen LogP contribution in [-0.4, -0.2) is 30.5 Å². The summed E-state index contributed by atoms with van der Waals surface area (Å²) in [4.78, 5) is 19.4. The highest BCUT2D eigenvalue weighted by molar-refractivity contribution is 5.98. The molecule has 0 aromatic carbocycles. The zero-order chi connectivity index (χ0) is 14.7. The minimum absolute atomic E-state index is 0.0657. The summed E-state index contributed by atoms with van der Waals surface area (Å²) in [5.41, 5.74) is 6.34. The van der Waals surface area contributed by atoms with Gasteiger partial charge in [-0.25, -0.2) is 4.98 Å². The van der Waals surface area contributed by atoms with E-state index in [4.69, 9.17) is 5.73 Å². The van der Waals surface area contributed by atoms with Crippen molar-refractivity contribution in [2.75, 3.05) is 29.9 Å². The number of carbonyl (C=O) groups excluding carboxylic acids is 1. The van der Waals surface area contributed by atoms with Gasteiger partial charge in [0.25, 0.3) is 0 Å². The first kappa shape index (κ1) is 14.3. The normalized spacial score (nSPS) is 20.7. The van der Waals surface area contributed by atoms with Crippen LogP contribution in [0.3, 0.4) is 0 Å².